The van der Waals surface area contributed by atoms with E-state index in [1.807, 2.05) is 0 Å². The first-order valence-electron chi connectivity index (χ1n) is 8.78. The molecule has 0 aromatic heterocycles. The summed E-state index contributed by atoms with van der Waals surface area (Å²) in [6.07, 6.45) is 1.12. The van der Waals surface area contributed by atoms with Crippen molar-refractivity contribution < 1.29 is 0 Å². The minimum Gasteiger partial charge on any atom is -0.372 e. The predicted octanol–water partition coefficient (Wildman–Crippen LogP) is 3.86. The molecule has 126 valence electrons. The standard InChI is InChI=1S/C21H27N3/c1-21(2,20-22-14-9-15-23-20)24(16-18-10-5-3-6-11-18)17-19-12-7-4-8-13-19/h3-8,10-13H,9,14-17H2,1-2H3,(H,22,23). The van der Waals surface area contributed by atoms with E-state index < -0.39 is 0 Å². The first-order chi connectivity index (χ1) is 11.7. The first-order valence-corrected chi connectivity index (χ1v) is 8.78. The van der Waals surface area contributed by atoms with Crippen LogP contribution in [0.15, 0.2) is 65.7 Å². The third kappa shape index (κ3) is 4.04. The lowest BCUT2D eigenvalue weighted by molar-refractivity contribution is 0.154. The molecule has 0 aliphatic carbocycles. The molecule has 3 nitrogen and oxygen atoms in total. The summed E-state index contributed by atoms with van der Waals surface area (Å²) in [5, 5.41) is 3.52. The largest absolute Gasteiger partial charge is 0.372 e. The Bertz CT molecular complexity index is 620. The fourth-order valence-electron chi connectivity index (χ4n) is 3.15. The molecule has 3 heteroatoms. The van der Waals surface area contributed by atoms with Gasteiger partial charge in [0, 0.05) is 26.2 Å². The van der Waals surface area contributed by atoms with E-state index in [1.54, 1.807) is 0 Å². The highest BCUT2D eigenvalue weighted by Crippen LogP contribution is 2.23. The summed E-state index contributed by atoms with van der Waals surface area (Å²) in [7, 11) is 0. The van der Waals surface area contributed by atoms with Crippen molar-refractivity contribution >= 4 is 5.84 Å². The van der Waals surface area contributed by atoms with Crippen LogP contribution in [0.3, 0.4) is 0 Å². The van der Waals surface area contributed by atoms with E-state index in [9.17, 15) is 0 Å². The lowest BCUT2D eigenvalue weighted by atomic mass is 9.97. The Morgan fingerprint density at radius 3 is 1.92 bits per heavy atom. The van der Waals surface area contributed by atoms with Gasteiger partial charge in [-0.15, -0.1) is 0 Å². The monoisotopic (exact) mass is 321 g/mol. The highest BCUT2D eigenvalue weighted by molar-refractivity contribution is 5.91. The minimum atomic E-state index is -0.133. The maximum atomic E-state index is 4.77. The van der Waals surface area contributed by atoms with E-state index in [1.165, 1.54) is 11.1 Å². The van der Waals surface area contributed by atoms with Crippen molar-refractivity contribution in [2.45, 2.75) is 38.9 Å². The second-order valence-electron chi connectivity index (χ2n) is 6.90. The lowest BCUT2D eigenvalue weighted by Gasteiger charge is -2.41. The average molecular weight is 321 g/mol. The summed E-state index contributed by atoms with van der Waals surface area (Å²) in [4.78, 5) is 7.28. The molecule has 0 bridgehead atoms. The Kier molecular flexibility index (Phi) is 5.31. The molecule has 1 N–H and O–H groups in total. The Hall–Kier alpha value is -2.13. The number of nitrogens with one attached hydrogen (secondary N) is 1. The molecule has 0 unspecified atom stereocenters. The molecule has 3 rings (SSSR count). The highest BCUT2D eigenvalue weighted by atomic mass is 15.2. The number of hydrogen-bond donors (Lipinski definition) is 1. The molecular weight excluding hydrogens is 294 g/mol. The molecule has 2 aromatic carbocycles. The van der Waals surface area contributed by atoms with E-state index in [2.05, 4.69) is 84.7 Å². The first kappa shape index (κ1) is 16.7. The van der Waals surface area contributed by atoms with Gasteiger partial charge >= 0.3 is 0 Å². The number of aliphatic imine (C=N–C) groups is 1. The summed E-state index contributed by atoms with van der Waals surface area (Å²) in [6, 6.07) is 21.4. The Balaban J connectivity index is 1.87. The molecule has 2 aromatic rings. The maximum Gasteiger partial charge on any atom is 0.116 e. The second kappa shape index (κ2) is 7.63. The van der Waals surface area contributed by atoms with Crippen LogP contribution in [-0.2, 0) is 13.1 Å². The van der Waals surface area contributed by atoms with E-state index in [0.29, 0.717) is 0 Å². The molecule has 1 aliphatic heterocycles. The van der Waals surface area contributed by atoms with Crippen LogP contribution >= 0.6 is 0 Å². The van der Waals surface area contributed by atoms with Crippen molar-refractivity contribution in [3.63, 3.8) is 0 Å². The van der Waals surface area contributed by atoms with Gasteiger partial charge in [-0.05, 0) is 31.4 Å². The zero-order valence-corrected chi connectivity index (χ0v) is 14.7. The van der Waals surface area contributed by atoms with Crippen molar-refractivity contribution in [3.8, 4) is 0 Å². The zero-order valence-electron chi connectivity index (χ0n) is 14.7. The quantitative estimate of drug-likeness (QED) is 0.875. The molecule has 0 saturated carbocycles. The third-order valence-electron chi connectivity index (χ3n) is 4.70. The molecule has 1 aliphatic rings. The van der Waals surface area contributed by atoms with Gasteiger partial charge in [-0.1, -0.05) is 60.7 Å². The Labute approximate surface area is 145 Å². The van der Waals surface area contributed by atoms with Crippen molar-refractivity contribution in [1.29, 1.82) is 0 Å². The average Bonchev–Trinajstić information content (AvgIpc) is 2.64. The lowest BCUT2D eigenvalue weighted by Crippen LogP contribution is -2.55. The van der Waals surface area contributed by atoms with Gasteiger partial charge in [0.15, 0.2) is 0 Å². The summed E-state index contributed by atoms with van der Waals surface area (Å²) >= 11 is 0. The zero-order chi connectivity index (χ0) is 16.8. The van der Waals surface area contributed by atoms with Crippen LogP contribution < -0.4 is 5.32 Å². The van der Waals surface area contributed by atoms with Crippen molar-refractivity contribution in [2.24, 2.45) is 4.99 Å². The minimum absolute atomic E-state index is 0.133. The molecule has 1 heterocycles. The maximum absolute atomic E-state index is 4.77. The molecule has 0 amide bonds. The SMILES string of the molecule is CC(C)(C1=NCCCN1)N(Cc1ccccc1)Cc1ccccc1. The smallest absolute Gasteiger partial charge is 0.116 e. The highest BCUT2D eigenvalue weighted by Gasteiger charge is 2.33. The van der Waals surface area contributed by atoms with Crippen LogP contribution in [0.2, 0.25) is 0 Å². The summed E-state index contributed by atoms with van der Waals surface area (Å²) < 4.78 is 0. The number of nitrogens with zero attached hydrogens (tertiary/aromatic N) is 2. The van der Waals surface area contributed by atoms with Gasteiger partial charge < -0.3 is 5.32 Å². The summed E-state index contributed by atoms with van der Waals surface area (Å²) in [5.74, 6) is 1.11. The molecule has 0 fully saturated rings. The molecular formula is C21H27N3. The number of amidine groups is 1. The molecule has 0 radical (unpaired) electrons. The van der Waals surface area contributed by atoms with Crippen molar-refractivity contribution in [3.05, 3.63) is 71.8 Å². The van der Waals surface area contributed by atoms with Crippen LogP contribution in [0.5, 0.6) is 0 Å². The fourth-order valence-corrected chi connectivity index (χ4v) is 3.15. The van der Waals surface area contributed by atoms with Crippen LogP contribution in [0.1, 0.15) is 31.4 Å². The van der Waals surface area contributed by atoms with E-state index in [0.717, 1.165) is 38.4 Å². The molecule has 24 heavy (non-hydrogen) atoms. The Morgan fingerprint density at radius 1 is 0.917 bits per heavy atom. The fraction of sp³-hybridized carbons (Fsp3) is 0.381. The number of benzene rings is 2. The van der Waals surface area contributed by atoms with Gasteiger partial charge in [0.1, 0.15) is 5.84 Å². The second-order valence-corrected chi connectivity index (χ2v) is 6.90. The third-order valence-corrected chi connectivity index (χ3v) is 4.70. The van der Waals surface area contributed by atoms with Crippen LogP contribution in [-0.4, -0.2) is 29.4 Å². The van der Waals surface area contributed by atoms with E-state index >= 15 is 0 Å². The van der Waals surface area contributed by atoms with Gasteiger partial charge in [-0.2, -0.15) is 0 Å². The molecule has 0 saturated heterocycles. The van der Waals surface area contributed by atoms with Crippen molar-refractivity contribution in [2.75, 3.05) is 13.1 Å². The van der Waals surface area contributed by atoms with Gasteiger partial charge in [0.2, 0.25) is 0 Å². The summed E-state index contributed by atoms with van der Waals surface area (Å²) in [5.41, 5.74) is 2.53. The van der Waals surface area contributed by atoms with Crippen molar-refractivity contribution in [1.82, 2.24) is 10.2 Å². The van der Waals surface area contributed by atoms with E-state index in [-0.39, 0.29) is 5.54 Å². The van der Waals surface area contributed by atoms with Gasteiger partial charge in [-0.25, -0.2) is 0 Å². The molecule has 0 spiro atoms. The molecule has 0 atom stereocenters. The summed E-state index contributed by atoms with van der Waals surface area (Å²) in [6.45, 7) is 8.31. The van der Waals surface area contributed by atoms with Gasteiger partial charge in [-0.3, -0.25) is 9.89 Å². The van der Waals surface area contributed by atoms with Gasteiger partial charge in [0.05, 0.1) is 5.54 Å². The van der Waals surface area contributed by atoms with Crippen LogP contribution in [0, 0.1) is 0 Å². The predicted molar refractivity (Wildman–Crippen MR) is 101 cm³/mol. The topological polar surface area (TPSA) is 27.6 Å². The Morgan fingerprint density at radius 2 is 1.46 bits per heavy atom. The van der Waals surface area contributed by atoms with Gasteiger partial charge in [0.25, 0.3) is 0 Å². The van der Waals surface area contributed by atoms with Crippen LogP contribution in [0.25, 0.3) is 0 Å². The van der Waals surface area contributed by atoms with E-state index in [4.69, 9.17) is 4.99 Å². The number of hydrogen-bond acceptors (Lipinski definition) is 3. The number of rotatable bonds is 6. The van der Waals surface area contributed by atoms with Crippen LogP contribution in [0.4, 0.5) is 0 Å². The normalized spacial score (nSPS) is 15.0.